The molecular weight excluding hydrogens is 511 g/mol. The summed E-state index contributed by atoms with van der Waals surface area (Å²) in [5.41, 5.74) is 26.5. The standard InChI is InChI=1S/C25H34N10.2ClH/c1-23(2,15-7-11-17(12-8-15)34-21(28)30-19(26)32-24(34,3)4)16-9-13-18(14-10-16)35-22(29)31-20(27)33-25(35,5)6;;/h7-14H,1-6H3,(H4,26,28,30,32)(H4,27,29,31,33);2*1H. The zero-order valence-electron chi connectivity index (χ0n) is 21.9. The molecule has 2 aromatic rings. The molecule has 0 saturated carbocycles. The lowest BCUT2D eigenvalue weighted by Gasteiger charge is -2.39. The normalized spacial score (nSPS) is 18.4. The summed E-state index contributed by atoms with van der Waals surface area (Å²) >= 11 is 0. The molecule has 0 atom stereocenters. The predicted molar refractivity (Wildman–Crippen MR) is 159 cm³/mol. The molecule has 0 aliphatic carbocycles. The zero-order chi connectivity index (χ0) is 25.8. The van der Waals surface area contributed by atoms with Gasteiger partial charge in [-0.3, -0.25) is 9.80 Å². The Morgan fingerprint density at radius 3 is 1.16 bits per heavy atom. The Balaban J connectivity index is 0.00000241. The maximum Gasteiger partial charge on any atom is 0.220 e. The summed E-state index contributed by atoms with van der Waals surface area (Å²) in [4.78, 5) is 20.9. The summed E-state index contributed by atoms with van der Waals surface area (Å²) in [5.74, 6) is 1.00. The van der Waals surface area contributed by atoms with E-state index in [1.54, 1.807) is 0 Å². The first kappa shape index (κ1) is 29.7. The van der Waals surface area contributed by atoms with E-state index in [4.69, 9.17) is 22.9 Å². The van der Waals surface area contributed by atoms with Crippen LogP contribution in [0.3, 0.4) is 0 Å². The van der Waals surface area contributed by atoms with Crippen LogP contribution < -0.4 is 32.7 Å². The number of nitrogens with zero attached hydrogens (tertiary/aromatic N) is 6. The highest BCUT2D eigenvalue weighted by Gasteiger charge is 2.35. The average Bonchev–Trinajstić information content (AvgIpc) is 2.71. The van der Waals surface area contributed by atoms with Gasteiger partial charge < -0.3 is 22.9 Å². The van der Waals surface area contributed by atoms with Gasteiger partial charge in [0.1, 0.15) is 11.3 Å². The number of nitrogens with two attached hydrogens (primary N) is 4. The van der Waals surface area contributed by atoms with Crippen LogP contribution in [0.4, 0.5) is 11.4 Å². The molecule has 4 rings (SSSR count). The summed E-state index contributed by atoms with van der Waals surface area (Å²) in [5, 5.41) is 0. The third kappa shape index (κ3) is 5.45. The highest BCUT2D eigenvalue weighted by molar-refractivity contribution is 6.06. The van der Waals surface area contributed by atoms with Crippen molar-refractivity contribution in [3.8, 4) is 0 Å². The molecule has 200 valence electrons. The second-order valence-electron chi connectivity index (χ2n) is 10.3. The largest absolute Gasteiger partial charge is 0.369 e. The van der Waals surface area contributed by atoms with E-state index in [1.165, 1.54) is 0 Å². The highest BCUT2D eigenvalue weighted by atomic mass is 35.5. The monoisotopic (exact) mass is 546 g/mol. The number of anilines is 2. The van der Waals surface area contributed by atoms with Crippen molar-refractivity contribution < 1.29 is 0 Å². The van der Waals surface area contributed by atoms with E-state index in [-0.39, 0.29) is 42.1 Å². The lowest BCUT2D eigenvalue weighted by atomic mass is 9.78. The van der Waals surface area contributed by atoms with Crippen LogP contribution in [0, 0.1) is 0 Å². The molecule has 0 spiro atoms. The van der Waals surface area contributed by atoms with E-state index in [0.717, 1.165) is 22.5 Å². The van der Waals surface area contributed by atoms with Gasteiger partial charge in [-0.05, 0) is 63.1 Å². The van der Waals surface area contributed by atoms with Crippen LogP contribution in [-0.2, 0) is 5.41 Å². The molecule has 0 saturated heterocycles. The molecule has 0 fully saturated rings. The molecule has 0 radical (unpaired) electrons. The Labute approximate surface area is 230 Å². The molecule has 0 amide bonds. The molecule has 37 heavy (non-hydrogen) atoms. The van der Waals surface area contributed by atoms with Crippen LogP contribution in [-0.4, -0.2) is 35.2 Å². The summed E-state index contributed by atoms with van der Waals surface area (Å²) in [6, 6.07) is 16.5. The van der Waals surface area contributed by atoms with Crippen molar-refractivity contribution >= 4 is 60.0 Å². The van der Waals surface area contributed by atoms with Gasteiger partial charge >= 0.3 is 0 Å². The number of hydrogen-bond donors (Lipinski definition) is 4. The van der Waals surface area contributed by atoms with Gasteiger partial charge in [-0.1, -0.05) is 38.1 Å². The topological polar surface area (TPSA) is 160 Å². The highest BCUT2D eigenvalue weighted by Crippen LogP contribution is 2.36. The Morgan fingerprint density at radius 1 is 0.595 bits per heavy atom. The molecule has 0 aromatic heterocycles. The van der Waals surface area contributed by atoms with E-state index in [1.807, 2.05) is 61.8 Å². The second-order valence-corrected chi connectivity index (χ2v) is 10.3. The van der Waals surface area contributed by atoms with Gasteiger partial charge in [0.2, 0.25) is 23.8 Å². The number of rotatable bonds is 4. The molecule has 2 heterocycles. The maximum absolute atomic E-state index is 6.18. The fraction of sp³-hybridized carbons (Fsp3) is 0.360. The van der Waals surface area contributed by atoms with Gasteiger partial charge in [0, 0.05) is 16.8 Å². The van der Waals surface area contributed by atoms with Crippen LogP contribution in [0.25, 0.3) is 0 Å². The van der Waals surface area contributed by atoms with E-state index < -0.39 is 11.3 Å². The molecule has 2 aliphatic rings. The first-order valence-electron chi connectivity index (χ1n) is 11.4. The van der Waals surface area contributed by atoms with E-state index >= 15 is 0 Å². The Kier molecular flexibility index (Phi) is 8.12. The van der Waals surface area contributed by atoms with Gasteiger partial charge in [0.15, 0.2) is 0 Å². The molecule has 0 bridgehead atoms. The summed E-state index contributed by atoms with van der Waals surface area (Å²) in [6.45, 7) is 12.2. The van der Waals surface area contributed by atoms with E-state index in [9.17, 15) is 0 Å². The van der Waals surface area contributed by atoms with Gasteiger partial charge in [-0.15, -0.1) is 24.8 Å². The van der Waals surface area contributed by atoms with Gasteiger partial charge in [-0.2, -0.15) is 9.98 Å². The van der Waals surface area contributed by atoms with Gasteiger partial charge in [0.25, 0.3) is 0 Å². The molecule has 2 aliphatic heterocycles. The molecule has 0 unspecified atom stereocenters. The van der Waals surface area contributed by atoms with Crippen molar-refractivity contribution in [2.45, 2.75) is 58.3 Å². The van der Waals surface area contributed by atoms with Crippen LogP contribution in [0.15, 0.2) is 68.5 Å². The molecule has 8 N–H and O–H groups in total. The first-order valence-corrected chi connectivity index (χ1v) is 11.4. The predicted octanol–water partition coefficient (Wildman–Crippen LogP) is 3.23. The summed E-state index contributed by atoms with van der Waals surface area (Å²) in [7, 11) is 0. The first-order chi connectivity index (χ1) is 16.2. The average molecular weight is 548 g/mol. The van der Waals surface area contributed by atoms with Crippen molar-refractivity contribution in [3.05, 3.63) is 59.7 Å². The lowest BCUT2D eigenvalue weighted by Crippen LogP contribution is -2.54. The van der Waals surface area contributed by atoms with Gasteiger partial charge in [-0.25, -0.2) is 9.98 Å². The quantitative estimate of drug-likeness (QED) is 0.460. The van der Waals surface area contributed by atoms with Crippen molar-refractivity contribution in [2.24, 2.45) is 42.9 Å². The summed E-state index contributed by atoms with van der Waals surface area (Å²) < 4.78 is 0. The molecule has 10 nitrogen and oxygen atoms in total. The van der Waals surface area contributed by atoms with Crippen molar-refractivity contribution in [2.75, 3.05) is 9.80 Å². The van der Waals surface area contributed by atoms with Crippen LogP contribution >= 0.6 is 24.8 Å². The molecule has 12 heteroatoms. The minimum atomic E-state index is -0.634. The van der Waals surface area contributed by atoms with E-state index in [2.05, 4.69) is 58.1 Å². The smallest absolute Gasteiger partial charge is 0.220 e. The maximum atomic E-state index is 6.18. The number of halogens is 2. The number of benzene rings is 2. The third-order valence-corrected chi connectivity index (χ3v) is 6.48. The fourth-order valence-electron chi connectivity index (χ4n) is 4.72. The third-order valence-electron chi connectivity index (χ3n) is 6.48. The molecular formula is C25H36Cl2N10. The minimum absolute atomic E-state index is 0. The van der Waals surface area contributed by atoms with Crippen LogP contribution in [0.1, 0.15) is 52.7 Å². The van der Waals surface area contributed by atoms with Crippen molar-refractivity contribution in [1.82, 2.24) is 0 Å². The SMILES string of the molecule is CC(C)(c1ccc(N2C(N)=NC(N)=NC2(C)C)cc1)c1ccc(N2C(N)=NC(N)=NC2(C)C)cc1.Cl.Cl. The summed E-state index contributed by atoms with van der Waals surface area (Å²) in [6.07, 6.45) is 0. The van der Waals surface area contributed by atoms with Gasteiger partial charge in [0.05, 0.1) is 0 Å². The number of hydrogen-bond acceptors (Lipinski definition) is 10. The fourth-order valence-corrected chi connectivity index (χ4v) is 4.72. The Bertz CT molecular complexity index is 1160. The second kappa shape index (κ2) is 10.1. The van der Waals surface area contributed by atoms with Crippen molar-refractivity contribution in [3.63, 3.8) is 0 Å². The number of guanidine groups is 4. The van der Waals surface area contributed by atoms with Crippen LogP contribution in [0.2, 0.25) is 0 Å². The lowest BCUT2D eigenvalue weighted by molar-refractivity contribution is 0.533. The Hall–Kier alpha value is -3.50. The molecule has 2 aromatic carbocycles. The zero-order valence-corrected chi connectivity index (χ0v) is 23.6. The number of aliphatic imine (C=N–C) groups is 4. The van der Waals surface area contributed by atoms with Crippen molar-refractivity contribution in [1.29, 1.82) is 0 Å². The minimum Gasteiger partial charge on any atom is -0.369 e. The van der Waals surface area contributed by atoms with E-state index in [0.29, 0.717) is 11.9 Å². The van der Waals surface area contributed by atoms with Crippen LogP contribution in [0.5, 0.6) is 0 Å². The Morgan fingerprint density at radius 2 is 0.892 bits per heavy atom.